The highest BCUT2D eigenvalue weighted by molar-refractivity contribution is 6.30. The van der Waals surface area contributed by atoms with Crippen LogP contribution < -0.4 is 5.32 Å². The van der Waals surface area contributed by atoms with Gasteiger partial charge in [0.2, 0.25) is 0 Å². The number of nitrogens with zero attached hydrogens (tertiary/aromatic N) is 2. The summed E-state index contributed by atoms with van der Waals surface area (Å²) >= 11 is 5.98. The Kier molecular flexibility index (Phi) is 4.89. The second-order valence-electron chi connectivity index (χ2n) is 7.23. The van der Waals surface area contributed by atoms with Gasteiger partial charge in [0.15, 0.2) is 5.96 Å². The van der Waals surface area contributed by atoms with E-state index in [4.69, 9.17) is 21.1 Å². The number of hydrogen-bond donors (Lipinski definition) is 1. The number of likely N-dealkylation sites (tertiary alicyclic amines) is 1. The average molecular weight is 364 g/mol. The third-order valence-corrected chi connectivity index (χ3v) is 6.19. The molecule has 136 valence electrons. The van der Waals surface area contributed by atoms with E-state index in [0.29, 0.717) is 30.6 Å². The Morgan fingerprint density at radius 2 is 1.92 bits per heavy atom. The highest BCUT2D eigenvalue weighted by atomic mass is 35.5. The van der Waals surface area contributed by atoms with Gasteiger partial charge >= 0.3 is 0 Å². The lowest BCUT2D eigenvalue weighted by atomic mass is 9.82. The lowest BCUT2D eigenvalue weighted by Gasteiger charge is -2.25. The molecule has 6 heteroatoms. The molecule has 0 saturated carbocycles. The van der Waals surface area contributed by atoms with Crippen LogP contribution in [0.1, 0.15) is 24.5 Å². The molecule has 3 fully saturated rings. The van der Waals surface area contributed by atoms with Crippen LogP contribution in [0, 0.1) is 11.8 Å². The second-order valence-corrected chi connectivity index (χ2v) is 7.66. The summed E-state index contributed by atoms with van der Waals surface area (Å²) in [7, 11) is 3.59. The molecule has 0 aliphatic carbocycles. The van der Waals surface area contributed by atoms with E-state index in [9.17, 15) is 0 Å². The Morgan fingerprint density at radius 1 is 1.28 bits per heavy atom. The van der Waals surface area contributed by atoms with Crippen LogP contribution in [0.4, 0.5) is 0 Å². The molecule has 1 aromatic rings. The third kappa shape index (κ3) is 3.25. The van der Waals surface area contributed by atoms with E-state index >= 15 is 0 Å². The van der Waals surface area contributed by atoms with E-state index in [1.54, 1.807) is 7.11 Å². The van der Waals surface area contributed by atoms with Crippen LogP contribution in [0.3, 0.4) is 0 Å². The summed E-state index contributed by atoms with van der Waals surface area (Å²) in [6, 6.07) is 7.82. The number of rotatable bonds is 4. The second kappa shape index (κ2) is 7.14. The molecule has 0 aromatic heterocycles. The maximum atomic E-state index is 6.07. The molecular weight excluding hydrogens is 338 g/mol. The normalized spacial score (nSPS) is 32.1. The van der Waals surface area contributed by atoms with Crippen molar-refractivity contribution in [3.05, 3.63) is 34.9 Å². The molecule has 3 aliphatic rings. The number of methoxy groups -OCH3 is 1. The first-order chi connectivity index (χ1) is 12.2. The SMILES string of the molecule is CN=C(NCC(OC)c1ccc(Cl)cc1)N1CC2C3CCC(O3)C2C1. The van der Waals surface area contributed by atoms with Crippen LogP contribution >= 0.6 is 11.6 Å². The fraction of sp³-hybridized carbons (Fsp3) is 0.632. The fourth-order valence-corrected chi connectivity index (χ4v) is 4.79. The van der Waals surface area contributed by atoms with E-state index in [2.05, 4.69) is 15.2 Å². The van der Waals surface area contributed by atoms with Crippen molar-refractivity contribution in [1.29, 1.82) is 0 Å². The highest BCUT2D eigenvalue weighted by Crippen LogP contribution is 2.47. The van der Waals surface area contributed by atoms with Crippen LogP contribution in [-0.2, 0) is 9.47 Å². The van der Waals surface area contributed by atoms with Gasteiger partial charge in [0.25, 0.3) is 0 Å². The molecule has 3 heterocycles. The molecule has 3 aliphatic heterocycles. The summed E-state index contributed by atoms with van der Waals surface area (Å²) in [6.07, 6.45) is 3.37. The van der Waals surface area contributed by atoms with Gasteiger partial charge < -0.3 is 19.7 Å². The molecule has 3 saturated heterocycles. The number of benzene rings is 1. The van der Waals surface area contributed by atoms with Crippen LogP contribution in [0.5, 0.6) is 0 Å². The van der Waals surface area contributed by atoms with Crippen LogP contribution in [-0.4, -0.2) is 56.9 Å². The first-order valence-corrected chi connectivity index (χ1v) is 9.46. The highest BCUT2D eigenvalue weighted by Gasteiger charge is 2.53. The zero-order chi connectivity index (χ0) is 17.4. The van der Waals surface area contributed by atoms with Gasteiger partial charge in [-0.15, -0.1) is 0 Å². The Labute approximate surface area is 154 Å². The molecule has 5 nitrogen and oxygen atoms in total. The maximum absolute atomic E-state index is 6.07. The molecule has 0 amide bonds. The molecule has 5 unspecified atom stereocenters. The Morgan fingerprint density at radius 3 is 2.48 bits per heavy atom. The number of hydrogen-bond acceptors (Lipinski definition) is 3. The maximum Gasteiger partial charge on any atom is 0.193 e. The van der Waals surface area contributed by atoms with Crippen molar-refractivity contribution in [3.63, 3.8) is 0 Å². The number of nitrogens with one attached hydrogen (secondary N) is 1. The lowest BCUT2D eigenvalue weighted by molar-refractivity contribution is 0.0763. The topological polar surface area (TPSA) is 46.1 Å². The van der Waals surface area contributed by atoms with Gasteiger partial charge in [-0.1, -0.05) is 23.7 Å². The van der Waals surface area contributed by atoms with E-state index in [1.165, 1.54) is 12.8 Å². The average Bonchev–Trinajstić information content (AvgIpc) is 3.33. The van der Waals surface area contributed by atoms with Gasteiger partial charge in [0.05, 0.1) is 18.3 Å². The Hall–Kier alpha value is -1.30. The minimum absolute atomic E-state index is 0.0318. The van der Waals surface area contributed by atoms with Gasteiger partial charge in [0, 0.05) is 50.7 Å². The molecule has 5 atom stereocenters. The molecular formula is C19H26ClN3O2. The lowest BCUT2D eigenvalue weighted by Crippen LogP contribution is -2.43. The number of ether oxygens (including phenoxy) is 2. The van der Waals surface area contributed by atoms with Gasteiger partial charge in [-0.05, 0) is 30.5 Å². The van der Waals surface area contributed by atoms with Crippen molar-refractivity contribution in [2.45, 2.75) is 31.2 Å². The fourth-order valence-electron chi connectivity index (χ4n) is 4.66. The first kappa shape index (κ1) is 17.1. The van der Waals surface area contributed by atoms with Gasteiger partial charge in [-0.25, -0.2) is 0 Å². The van der Waals surface area contributed by atoms with Crippen molar-refractivity contribution in [2.24, 2.45) is 16.8 Å². The van der Waals surface area contributed by atoms with Gasteiger partial charge in [0.1, 0.15) is 0 Å². The minimum Gasteiger partial charge on any atom is -0.375 e. The Bertz CT molecular complexity index is 618. The predicted octanol–water partition coefficient (Wildman–Crippen LogP) is 2.71. The summed E-state index contributed by atoms with van der Waals surface area (Å²) in [5, 5.41) is 4.23. The molecule has 1 N–H and O–H groups in total. The largest absolute Gasteiger partial charge is 0.375 e. The monoisotopic (exact) mass is 363 g/mol. The zero-order valence-electron chi connectivity index (χ0n) is 14.8. The zero-order valence-corrected chi connectivity index (χ0v) is 15.6. The molecule has 0 radical (unpaired) electrons. The summed E-state index contributed by atoms with van der Waals surface area (Å²) in [6.45, 7) is 2.77. The summed E-state index contributed by atoms with van der Waals surface area (Å²) in [5.74, 6) is 2.31. The summed E-state index contributed by atoms with van der Waals surface area (Å²) in [4.78, 5) is 6.88. The molecule has 25 heavy (non-hydrogen) atoms. The number of guanidine groups is 1. The minimum atomic E-state index is -0.0318. The van der Waals surface area contributed by atoms with Gasteiger partial charge in [-0.2, -0.15) is 0 Å². The van der Waals surface area contributed by atoms with Crippen LogP contribution in [0.25, 0.3) is 0 Å². The molecule has 2 bridgehead atoms. The van der Waals surface area contributed by atoms with E-state index in [0.717, 1.165) is 29.6 Å². The molecule has 4 rings (SSSR count). The van der Waals surface area contributed by atoms with Crippen molar-refractivity contribution in [1.82, 2.24) is 10.2 Å². The molecule has 0 spiro atoms. The first-order valence-electron chi connectivity index (χ1n) is 9.09. The van der Waals surface area contributed by atoms with Crippen molar-refractivity contribution >= 4 is 17.6 Å². The Balaban J connectivity index is 1.37. The van der Waals surface area contributed by atoms with Crippen LogP contribution in [0.2, 0.25) is 5.02 Å². The third-order valence-electron chi connectivity index (χ3n) is 5.94. The predicted molar refractivity (Wildman–Crippen MR) is 99.0 cm³/mol. The van der Waals surface area contributed by atoms with E-state index < -0.39 is 0 Å². The van der Waals surface area contributed by atoms with Crippen molar-refractivity contribution in [2.75, 3.05) is 33.8 Å². The number of fused-ring (bicyclic) bond motifs is 5. The van der Waals surface area contributed by atoms with Crippen LogP contribution in [0.15, 0.2) is 29.3 Å². The smallest absolute Gasteiger partial charge is 0.193 e. The molecule has 1 aromatic carbocycles. The van der Waals surface area contributed by atoms with E-state index in [-0.39, 0.29) is 6.10 Å². The van der Waals surface area contributed by atoms with Gasteiger partial charge in [-0.3, -0.25) is 4.99 Å². The number of halogens is 1. The van der Waals surface area contributed by atoms with E-state index in [1.807, 2.05) is 31.3 Å². The number of aliphatic imine (C=N–C) groups is 1. The van der Waals surface area contributed by atoms with Crippen molar-refractivity contribution in [3.8, 4) is 0 Å². The summed E-state index contributed by atoms with van der Waals surface area (Å²) < 4.78 is 11.7. The summed E-state index contributed by atoms with van der Waals surface area (Å²) in [5.41, 5.74) is 1.11. The quantitative estimate of drug-likeness (QED) is 0.660. The van der Waals surface area contributed by atoms with Crippen molar-refractivity contribution < 1.29 is 9.47 Å². The standard InChI is InChI=1S/C19H26ClN3O2/c1-21-19(22-9-18(24-2)12-3-5-13(20)6-4-12)23-10-14-15(11-23)17-8-7-16(14)25-17/h3-6,14-18H,7-11H2,1-2H3,(H,21,22).